The number of aromatic nitrogens is 1. The summed E-state index contributed by atoms with van der Waals surface area (Å²) in [5, 5.41) is 4.00. The number of aryl methyl sites for hydroxylation is 1. The zero-order chi connectivity index (χ0) is 17.1. The van der Waals surface area contributed by atoms with Gasteiger partial charge in [0.05, 0.1) is 12.8 Å². The summed E-state index contributed by atoms with van der Waals surface area (Å²) in [5.74, 6) is 1.32. The molecule has 0 spiro atoms. The van der Waals surface area contributed by atoms with Gasteiger partial charge in [-0.3, -0.25) is 4.79 Å². The Kier molecular flexibility index (Phi) is 5.04. The van der Waals surface area contributed by atoms with Crippen LogP contribution in [0.25, 0.3) is 0 Å². The van der Waals surface area contributed by atoms with E-state index in [2.05, 4.69) is 16.4 Å². The molecule has 1 aliphatic rings. The Labute approximate surface area is 146 Å². The molecule has 2 aromatic rings. The van der Waals surface area contributed by atoms with Crippen molar-refractivity contribution in [2.45, 2.75) is 26.2 Å². The summed E-state index contributed by atoms with van der Waals surface area (Å²) in [5.41, 5.74) is 1.99. The largest absolute Gasteiger partial charge is 0.496 e. The van der Waals surface area contributed by atoms with E-state index in [0.717, 1.165) is 47.5 Å². The maximum absolute atomic E-state index is 12.9. The molecule has 0 saturated carbocycles. The second-order valence-electron chi connectivity index (χ2n) is 5.94. The maximum Gasteiger partial charge on any atom is 0.265 e. The van der Waals surface area contributed by atoms with Crippen molar-refractivity contribution in [2.75, 3.05) is 32.1 Å². The average molecular weight is 345 g/mol. The van der Waals surface area contributed by atoms with Crippen LogP contribution in [0.5, 0.6) is 5.75 Å². The standard InChI is InChI=1S/C18H23N3O2S/c1-4-19-18-20-12(2)16(24-18)17(22)21-10-9-13(11-21)14-7-5-6-8-15(14)23-3/h5-8,13H,4,9-11H2,1-3H3,(H,19,20)/t13-/m0/s1. The van der Waals surface area contributed by atoms with Gasteiger partial charge >= 0.3 is 0 Å². The molecule has 1 atom stereocenters. The molecular weight excluding hydrogens is 322 g/mol. The van der Waals surface area contributed by atoms with Crippen LogP contribution in [-0.4, -0.2) is 42.5 Å². The average Bonchev–Trinajstić information content (AvgIpc) is 3.21. The number of methoxy groups -OCH3 is 1. The number of nitrogens with zero attached hydrogens (tertiary/aromatic N) is 2. The fourth-order valence-electron chi connectivity index (χ4n) is 3.17. The quantitative estimate of drug-likeness (QED) is 0.901. The van der Waals surface area contributed by atoms with Crippen LogP contribution in [0.2, 0.25) is 0 Å². The number of para-hydroxylation sites is 1. The van der Waals surface area contributed by atoms with E-state index in [1.54, 1.807) is 7.11 Å². The van der Waals surface area contributed by atoms with Gasteiger partial charge in [0.1, 0.15) is 10.6 Å². The van der Waals surface area contributed by atoms with Gasteiger partial charge in [0.25, 0.3) is 5.91 Å². The minimum Gasteiger partial charge on any atom is -0.496 e. The fourth-order valence-corrected chi connectivity index (χ4v) is 4.17. The van der Waals surface area contributed by atoms with Gasteiger partial charge < -0.3 is 15.0 Å². The first-order valence-electron chi connectivity index (χ1n) is 8.27. The molecular formula is C18H23N3O2S. The molecule has 24 heavy (non-hydrogen) atoms. The van der Waals surface area contributed by atoms with Crippen molar-refractivity contribution in [2.24, 2.45) is 0 Å². The van der Waals surface area contributed by atoms with Crippen molar-refractivity contribution < 1.29 is 9.53 Å². The molecule has 0 aliphatic carbocycles. The first kappa shape index (κ1) is 16.8. The summed E-state index contributed by atoms with van der Waals surface area (Å²) >= 11 is 1.45. The molecule has 1 amide bonds. The highest BCUT2D eigenvalue weighted by molar-refractivity contribution is 7.17. The lowest BCUT2D eigenvalue weighted by molar-refractivity contribution is 0.0794. The summed E-state index contributed by atoms with van der Waals surface area (Å²) < 4.78 is 5.47. The molecule has 6 heteroatoms. The minimum atomic E-state index is 0.0894. The molecule has 0 radical (unpaired) electrons. The van der Waals surface area contributed by atoms with E-state index < -0.39 is 0 Å². The van der Waals surface area contributed by atoms with Crippen LogP contribution in [0.1, 0.15) is 40.2 Å². The topological polar surface area (TPSA) is 54.5 Å². The van der Waals surface area contributed by atoms with Gasteiger partial charge in [-0.25, -0.2) is 4.98 Å². The Morgan fingerprint density at radius 3 is 3.00 bits per heavy atom. The van der Waals surface area contributed by atoms with E-state index in [-0.39, 0.29) is 5.91 Å². The lowest BCUT2D eigenvalue weighted by atomic mass is 9.97. The van der Waals surface area contributed by atoms with E-state index in [9.17, 15) is 4.79 Å². The van der Waals surface area contributed by atoms with Crippen molar-refractivity contribution in [1.82, 2.24) is 9.88 Å². The van der Waals surface area contributed by atoms with E-state index in [1.165, 1.54) is 16.9 Å². The molecule has 1 aromatic heterocycles. The Morgan fingerprint density at radius 1 is 1.46 bits per heavy atom. The third-order valence-electron chi connectivity index (χ3n) is 4.37. The first-order chi connectivity index (χ1) is 11.6. The normalized spacial score (nSPS) is 17.1. The van der Waals surface area contributed by atoms with Crippen molar-refractivity contribution in [1.29, 1.82) is 0 Å². The molecule has 0 bridgehead atoms. The number of amides is 1. The highest BCUT2D eigenvalue weighted by Crippen LogP contribution is 2.34. The summed E-state index contributed by atoms with van der Waals surface area (Å²) in [4.78, 5) is 20.0. The zero-order valence-electron chi connectivity index (χ0n) is 14.3. The third kappa shape index (κ3) is 3.24. The Morgan fingerprint density at radius 2 is 2.25 bits per heavy atom. The SMILES string of the molecule is CCNc1nc(C)c(C(=O)N2CC[C@H](c3ccccc3OC)C2)s1. The highest BCUT2D eigenvalue weighted by atomic mass is 32.1. The Hall–Kier alpha value is -2.08. The van der Waals surface area contributed by atoms with Gasteiger partial charge in [-0.2, -0.15) is 0 Å². The van der Waals surface area contributed by atoms with Gasteiger partial charge in [0.15, 0.2) is 5.13 Å². The lowest BCUT2D eigenvalue weighted by Crippen LogP contribution is -2.28. The van der Waals surface area contributed by atoms with Gasteiger partial charge in [-0.15, -0.1) is 0 Å². The van der Waals surface area contributed by atoms with E-state index >= 15 is 0 Å². The number of hydrogen-bond donors (Lipinski definition) is 1. The van der Waals surface area contributed by atoms with Gasteiger partial charge in [-0.05, 0) is 31.9 Å². The molecule has 1 N–H and O–H groups in total. The van der Waals surface area contributed by atoms with E-state index in [4.69, 9.17) is 4.74 Å². The van der Waals surface area contributed by atoms with Crippen LogP contribution < -0.4 is 10.1 Å². The maximum atomic E-state index is 12.9. The summed E-state index contributed by atoms with van der Waals surface area (Å²) in [6.45, 7) is 6.23. The van der Waals surface area contributed by atoms with Crippen molar-refractivity contribution in [3.8, 4) is 5.75 Å². The minimum absolute atomic E-state index is 0.0894. The monoisotopic (exact) mass is 345 g/mol. The third-order valence-corrected chi connectivity index (χ3v) is 5.48. The summed E-state index contributed by atoms with van der Waals surface area (Å²) in [6, 6.07) is 8.08. The number of nitrogens with one attached hydrogen (secondary N) is 1. The first-order valence-corrected chi connectivity index (χ1v) is 9.09. The van der Waals surface area contributed by atoms with Gasteiger partial charge in [0, 0.05) is 25.6 Å². The molecule has 1 fully saturated rings. The molecule has 0 unspecified atom stereocenters. The smallest absolute Gasteiger partial charge is 0.265 e. The van der Waals surface area contributed by atoms with Crippen LogP contribution in [0.4, 0.5) is 5.13 Å². The van der Waals surface area contributed by atoms with Crippen LogP contribution in [-0.2, 0) is 0 Å². The van der Waals surface area contributed by atoms with Gasteiger partial charge in [-0.1, -0.05) is 29.5 Å². The molecule has 2 heterocycles. The van der Waals surface area contributed by atoms with Crippen LogP contribution in [0.3, 0.4) is 0 Å². The number of anilines is 1. The number of thiazole rings is 1. The number of rotatable bonds is 5. The Bertz CT molecular complexity index is 729. The van der Waals surface area contributed by atoms with Crippen LogP contribution in [0.15, 0.2) is 24.3 Å². The number of benzene rings is 1. The predicted molar refractivity (Wildman–Crippen MR) is 97.3 cm³/mol. The van der Waals surface area contributed by atoms with Crippen LogP contribution >= 0.6 is 11.3 Å². The fraction of sp³-hybridized carbons (Fsp3) is 0.444. The molecule has 5 nitrogen and oxygen atoms in total. The number of likely N-dealkylation sites (tertiary alicyclic amines) is 1. The van der Waals surface area contributed by atoms with Crippen LogP contribution in [0, 0.1) is 6.92 Å². The molecule has 1 saturated heterocycles. The van der Waals surface area contributed by atoms with E-state index in [0.29, 0.717) is 5.92 Å². The van der Waals surface area contributed by atoms with Crippen molar-refractivity contribution in [3.05, 3.63) is 40.4 Å². The second kappa shape index (κ2) is 7.21. The number of carbonyl (C=O) groups excluding carboxylic acids is 1. The molecule has 1 aliphatic heterocycles. The van der Waals surface area contributed by atoms with Crippen molar-refractivity contribution >= 4 is 22.4 Å². The van der Waals surface area contributed by atoms with Crippen molar-refractivity contribution in [3.63, 3.8) is 0 Å². The highest BCUT2D eigenvalue weighted by Gasteiger charge is 2.31. The second-order valence-corrected chi connectivity index (χ2v) is 6.94. The lowest BCUT2D eigenvalue weighted by Gasteiger charge is -2.17. The summed E-state index contributed by atoms with van der Waals surface area (Å²) in [7, 11) is 1.69. The number of carbonyl (C=O) groups is 1. The van der Waals surface area contributed by atoms with E-state index in [1.807, 2.05) is 36.9 Å². The number of ether oxygens (including phenoxy) is 1. The Balaban J connectivity index is 1.74. The predicted octanol–water partition coefficient (Wildman–Crippen LogP) is 3.52. The molecule has 1 aromatic carbocycles. The van der Waals surface area contributed by atoms with Gasteiger partial charge in [0.2, 0.25) is 0 Å². The number of hydrogen-bond acceptors (Lipinski definition) is 5. The molecule has 128 valence electrons. The summed E-state index contributed by atoms with van der Waals surface area (Å²) in [6.07, 6.45) is 0.962. The molecule has 3 rings (SSSR count). The zero-order valence-corrected chi connectivity index (χ0v) is 15.2.